The van der Waals surface area contributed by atoms with Crippen LogP contribution in [0, 0.1) is 0 Å². The van der Waals surface area contributed by atoms with Crippen molar-refractivity contribution in [2.75, 3.05) is 39.1 Å². The lowest BCUT2D eigenvalue weighted by molar-refractivity contribution is -0.264. The number of aliphatic hydroxyl groups excluding tert-OH is 2. The normalized spacial score (nSPS) is 14.7. The quantitative estimate of drug-likeness (QED) is 0.118. The van der Waals surface area contributed by atoms with E-state index in [9.17, 15) is 24.4 Å². The molecule has 2 aromatic rings. The van der Waals surface area contributed by atoms with Gasteiger partial charge in [0.15, 0.2) is 17.4 Å². The zero-order valence-electron chi connectivity index (χ0n) is 24.9. The van der Waals surface area contributed by atoms with Gasteiger partial charge in [-0.1, -0.05) is 0 Å². The van der Waals surface area contributed by atoms with E-state index in [-0.39, 0.29) is 29.6 Å². The molecular formula is C23H37FN5O14P. The fourth-order valence-electron chi connectivity index (χ4n) is 3.03. The summed E-state index contributed by atoms with van der Waals surface area (Å²) in [5, 5.41) is 20.3. The van der Waals surface area contributed by atoms with Crippen LogP contribution in [0.15, 0.2) is 6.33 Å². The van der Waals surface area contributed by atoms with Crippen molar-refractivity contribution < 1.29 is 70.8 Å². The number of hydrogen-bond acceptors (Lipinski definition) is 18. The van der Waals surface area contributed by atoms with Crippen LogP contribution in [-0.2, 0) is 41.8 Å². The van der Waals surface area contributed by atoms with Crippen molar-refractivity contribution in [2.45, 2.75) is 71.9 Å². The van der Waals surface area contributed by atoms with Crippen LogP contribution in [0.2, 0.25) is 0 Å². The average molecular weight is 658 g/mol. The highest BCUT2D eigenvalue weighted by atomic mass is 31.2. The Morgan fingerprint density at radius 2 is 1.61 bits per heavy atom. The van der Waals surface area contributed by atoms with Crippen molar-refractivity contribution >= 4 is 37.2 Å². The van der Waals surface area contributed by atoms with Gasteiger partial charge in [0.25, 0.3) is 5.85 Å². The minimum atomic E-state index is -4.94. The standard InChI is InChI=1S/C23H37FN5O14P/c1-7-35-19-17-18(27-20(25)28-19)29(10-26-17)16(8-30)43-23(24,15(6)31)9-38-44(34,39-11-36-21(32)41-13(2)3)40-12-37-22(33)42-14(4)5/h10,13-16,30-31H,7-9,11-12H2,1-6H3,(H2,25,27,28)/t15-,16+,23+/m0/s1. The molecule has 2 aromatic heterocycles. The Morgan fingerprint density at radius 1 is 1.05 bits per heavy atom. The Balaban J connectivity index is 2.25. The summed E-state index contributed by atoms with van der Waals surface area (Å²) in [6.07, 6.45) is -6.00. The molecule has 3 atom stereocenters. The van der Waals surface area contributed by atoms with Crippen molar-refractivity contribution in [2.24, 2.45) is 0 Å². The number of alkyl halides is 1. The molecule has 0 fully saturated rings. The number of fused-ring (bicyclic) bond motifs is 1. The number of nitrogen functional groups attached to an aromatic ring is 1. The van der Waals surface area contributed by atoms with Crippen LogP contribution in [0.3, 0.4) is 0 Å². The maximum Gasteiger partial charge on any atom is 0.510 e. The van der Waals surface area contributed by atoms with E-state index in [0.29, 0.717) is 0 Å². The van der Waals surface area contributed by atoms with E-state index in [2.05, 4.69) is 24.4 Å². The van der Waals surface area contributed by atoms with Crippen molar-refractivity contribution in [3.05, 3.63) is 6.33 Å². The molecule has 0 aliphatic heterocycles. The van der Waals surface area contributed by atoms with Gasteiger partial charge in [-0.3, -0.25) is 9.09 Å². The molecule has 21 heteroatoms. The van der Waals surface area contributed by atoms with Gasteiger partial charge < -0.3 is 44.4 Å². The molecule has 0 radical (unpaired) electrons. The molecule has 250 valence electrons. The second-order valence-electron chi connectivity index (χ2n) is 9.20. The molecule has 0 aliphatic rings. The first-order valence-electron chi connectivity index (χ1n) is 13.1. The van der Waals surface area contributed by atoms with Gasteiger partial charge in [0, 0.05) is 0 Å². The third-order valence-corrected chi connectivity index (χ3v) is 6.26. The van der Waals surface area contributed by atoms with Crippen molar-refractivity contribution in [3.8, 4) is 5.88 Å². The molecule has 2 heterocycles. The lowest BCUT2D eigenvalue weighted by Gasteiger charge is -2.32. The van der Waals surface area contributed by atoms with E-state index in [4.69, 9.17) is 38.3 Å². The van der Waals surface area contributed by atoms with Crippen LogP contribution >= 0.6 is 7.82 Å². The van der Waals surface area contributed by atoms with E-state index in [1.54, 1.807) is 6.92 Å². The summed E-state index contributed by atoms with van der Waals surface area (Å²) in [4.78, 5) is 35.4. The number of aromatic nitrogens is 4. The van der Waals surface area contributed by atoms with Crippen molar-refractivity contribution in [1.29, 1.82) is 0 Å². The zero-order chi connectivity index (χ0) is 33.1. The van der Waals surface area contributed by atoms with Crippen LogP contribution in [0.4, 0.5) is 19.9 Å². The van der Waals surface area contributed by atoms with Crippen LogP contribution in [0.5, 0.6) is 5.88 Å². The highest BCUT2D eigenvalue weighted by molar-refractivity contribution is 7.48. The van der Waals surface area contributed by atoms with Gasteiger partial charge >= 0.3 is 20.1 Å². The summed E-state index contributed by atoms with van der Waals surface area (Å²) < 4.78 is 74.6. The fourth-order valence-corrected chi connectivity index (χ4v) is 3.95. The van der Waals surface area contributed by atoms with Crippen LogP contribution < -0.4 is 10.5 Å². The second-order valence-corrected chi connectivity index (χ2v) is 10.9. The minimum Gasteiger partial charge on any atom is -0.476 e. The number of imidazole rings is 1. The summed E-state index contributed by atoms with van der Waals surface area (Å²) in [5.74, 6) is -3.42. The molecule has 0 bridgehead atoms. The number of nitrogens with two attached hydrogens (primary N) is 1. The number of hydrogen-bond donors (Lipinski definition) is 3. The lowest BCUT2D eigenvalue weighted by Crippen LogP contribution is -2.45. The monoisotopic (exact) mass is 657 g/mol. The number of halogens is 1. The van der Waals surface area contributed by atoms with Crippen LogP contribution in [-0.4, -0.2) is 99.6 Å². The molecule has 19 nitrogen and oxygen atoms in total. The van der Waals surface area contributed by atoms with Gasteiger partial charge in [0.05, 0.1) is 31.7 Å². The van der Waals surface area contributed by atoms with E-state index in [0.717, 1.165) is 17.8 Å². The predicted octanol–water partition coefficient (Wildman–Crippen LogP) is 2.56. The Labute approximate surface area is 251 Å². The SMILES string of the molecule is CCOc1nc(N)nc2c1ncn2[C@@H](CO)O[C@](F)(COP(=O)(OCOC(=O)OC(C)C)OCOC(=O)OC(C)C)[C@H](C)O. The Bertz CT molecular complexity index is 1250. The molecule has 0 aliphatic carbocycles. The zero-order valence-corrected chi connectivity index (χ0v) is 25.8. The first-order valence-corrected chi connectivity index (χ1v) is 14.6. The van der Waals surface area contributed by atoms with E-state index in [1.165, 1.54) is 27.7 Å². The number of phosphoric acid groups is 1. The maximum atomic E-state index is 16.1. The smallest absolute Gasteiger partial charge is 0.476 e. The molecule has 2 rings (SSSR count). The Kier molecular flexibility index (Phi) is 13.9. The molecule has 0 spiro atoms. The molecule has 0 saturated heterocycles. The number of carbonyl (C=O) groups is 2. The highest BCUT2D eigenvalue weighted by Gasteiger charge is 2.44. The van der Waals surface area contributed by atoms with Crippen LogP contribution in [0.1, 0.15) is 47.8 Å². The van der Waals surface area contributed by atoms with Gasteiger partial charge in [0.1, 0.15) is 12.7 Å². The van der Waals surface area contributed by atoms with Gasteiger partial charge in [-0.25, -0.2) is 32.6 Å². The largest absolute Gasteiger partial charge is 0.510 e. The summed E-state index contributed by atoms with van der Waals surface area (Å²) in [6.45, 7) is 4.63. The van der Waals surface area contributed by atoms with Gasteiger partial charge in [0.2, 0.25) is 25.4 Å². The van der Waals surface area contributed by atoms with Crippen molar-refractivity contribution in [1.82, 2.24) is 19.5 Å². The number of carbonyl (C=O) groups excluding carboxylic acids is 2. The number of aliphatic hydroxyl groups is 2. The van der Waals surface area contributed by atoms with Gasteiger partial charge in [-0.15, -0.1) is 0 Å². The van der Waals surface area contributed by atoms with Crippen LogP contribution in [0.25, 0.3) is 11.2 Å². The summed E-state index contributed by atoms with van der Waals surface area (Å²) in [5.41, 5.74) is 5.84. The number of rotatable bonds is 18. The van der Waals surface area contributed by atoms with E-state index >= 15 is 4.39 Å². The molecule has 0 unspecified atom stereocenters. The average Bonchev–Trinajstić information content (AvgIpc) is 3.33. The highest BCUT2D eigenvalue weighted by Crippen LogP contribution is 2.50. The number of ether oxygens (including phenoxy) is 6. The topological polar surface area (TPSA) is 244 Å². The van der Waals surface area contributed by atoms with Crippen molar-refractivity contribution in [3.63, 3.8) is 0 Å². The summed E-state index contributed by atoms with van der Waals surface area (Å²) >= 11 is 0. The summed E-state index contributed by atoms with van der Waals surface area (Å²) in [7, 11) is -4.94. The molecular weight excluding hydrogens is 620 g/mol. The van der Waals surface area contributed by atoms with E-state index < -0.39 is 77.3 Å². The van der Waals surface area contributed by atoms with E-state index in [1.807, 2.05) is 0 Å². The fraction of sp³-hybridized carbons (Fsp3) is 0.696. The summed E-state index contributed by atoms with van der Waals surface area (Å²) in [6, 6.07) is 0. The second kappa shape index (κ2) is 16.6. The molecule has 0 amide bonds. The molecule has 44 heavy (non-hydrogen) atoms. The molecule has 4 N–H and O–H groups in total. The minimum absolute atomic E-state index is 0.0120. The maximum absolute atomic E-state index is 16.1. The Morgan fingerprint density at radius 3 is 2.09 bits per heavy atom. The first kappa shape index (κ1) is 36.8. The third kappa shape index (κ3) is 11.0. The van der Waals surface area contributed by atoms with Gasteiger partial charge in [-0.2, -0.15) is 9.97 Å². The molecule has 0 aromatic carbocycles. The number of nitrogens with zero attached hydrogens (tertiary/aromatic N) is 4. The van der Waals surface area contributed by atoms with Gasteiger partial charge in [-0.05, 0) is 41.5 Å². The third-order valence-electron chi connectivity index (χ3n) is 4.97. The molecule has 0 saturated carbocycles. The Hall–Kier alpha value is -3.39. The lowest BCUT2D eigenvalue weighted by atomic mass is 10.2. The number of anilines is 1. The number of phosphoric ester groups is 1. The predicted molar refractivity (Wildman–Crippen MR) is 144 cm³/mol. The first-order chi connectivity index (χ1) is 20.6.